The van der Waals surface area contributed by atoms with E-state index in [0.717, 1.165) is 25.9 Å². The van der Waals surface area contributed by atoms with Gasteiger partial charge in [-0.1, -0.05) is 13.8 Å². The maximum absolute atomic E-state index is 12.5. The van der Waals surface area contributed by atoms with E-state index >= 15 is 0 Å². The van der Waals surface area contributed by atoms with Crippen molar-refractivity contribution in [3.63, 3.8) is 0 Å². The summed E-state index contributed by atoms with van der Waals surface area (Å²) in [6.07, 6.45) is 2.15. The van der Waals surface area contributed by atoms with E-state index in [1.807, 2.05) is 34.6 Å². The molecule has 0 spiro atoms. The fourth-order valence-corrected chi connectivity index (χ4v) is 2.58. The maximum Gasteiger partial charge on any atom is 0.242 e. The number of hydrogen-bond donors (Lipinski definition) is 3. The number of carbonyl (C=O) groups is 2. The summed E-state index contributed by atoms with van der Waals surface area (Å²) in [4.78, 5) is 24.6. The van der Waals surface area contributed by atoms with Crippen LogP contribution in [-0.2, 0) is 9.59 Å². The van der Waals surface area contributed by atoms with Gasteiger partial charge in [-0.05, 0) is 59.5 Å². The van der Waals surface area contributed by atoms with Crippen LogP contribution in [0, 0.1) is 11.3 Å². The van der Waals surface area contributed by atoms with Gasteiger partial charge in [0.25, 0.3) is 0 Å². The smallest absolute Gasteiger partial charge is 0.242 e. The van der Waals surface area contributed by atoms with Gasteiger partial charge in [0, 0.05) is 11.0 Å². The Morgan fingerprint density at radius 2 is 1.81 bits per heavy atom. The first-order valence-electron chi connectivity index (χ1n) is 7.88. The van der Waals surface area contributed by atoms with Crippen LogP contribution in [0.3, 0.4) is 0 Å². The minimum Gasteiger partial charge on any atom is -0.350 e. The van der Waals surface area contributed by atoms with Crippen LogP contribution in [0.25, 0.3) is 0 Å². The summed E-state index contributed by atoms with van der Waals surface area (Å²) < 4.78 is 0. The Hall–Kier alpha value is -1.10. The highest BCUT2D eigenvalue weighted by molar-refractivity contribution is 5.89. The van der Waals surface area contributed by atoms with Crippen molar-refractivity contribution in [3.05, 3.63) is 0 Å². The van der Waals surface area contributed by atoms with Crippen molar-refractivity contribution < 1.29 is 9.59 Å². The fourth-order valence-electron chi connectivity index (χ4n) is 2.58. The molecule has 0 saturated carbocycles. The molecule has 21 heavy (non-hydrogen) atoms. The monoisotopic (exact) mass is 297 g/mol. The van der Waals surface area contributed by atoms with Crippen LogP contribution in [-0.4, -0.2) is 36.5 Å². The van der Waals surface area contributed by atoms with Crippen molar-refractivity contribution in [2.24, 2.45) is 11.3 Å². The predicted octanol–water partition coefficient (Wildman–Crippen LogP) is 1.43. The molecule has 0 aromatic carbocycles. The third kappa shape index (κ3) is 5.30. The highest BCUT2D eigenvalue weighted by Gasteiger charge is 2.38. The van der Waals surface area contributed by atoms with Crippen molar-refractivity contribution in [1.82, 2.24) is 16.0 Å². The van der Waals surface area contributed by atoms with E-state index in [9.17, 15) is 9.59 Å². The summed E-state index contributed by atoms with van der Waals surface area (Å²) in [6.45, 7) is 13.3. The summed E-state index contributed by atoms with van der Waals surface area (Å²) in [5.74, 6) is 0.116. The van der Waals surface area contributed by atoms with Crippen LogP contribution in [0.2, 0.25) is 0 Å². The highest BCUT2D eigenvalue weighted by atomic mass is 16.2. The zero-order chi connectivity index (χ0) is 16.3. The van der Waals surface area contributed by atoms with Crippen LogP contribution in [0.4, 0.5) is 0 Å². The molecule has 1 heterocycles. The molecule has 1 saturated heterocycles. The molecule has 5 nitrogen and oxygen atoms in total. The molecule has 1 aliphatic rings. The molecule has 3 N–H and O–H groups in total. The first-order chi connectivity index (χ1) is 9.54. The van der Waals surface area contributed by atoms with Gasteiger partial charge >= 0.3 is 0 Å². The zero-order valence-corrected chi connectivity index (χ0v) is 14.3. The Kier molecular flexibility index (Phi) is 5.79. The van der Waals surface area contributed by atoms with Gasteiger partial charge in [-0.3, -0.25) is 9.59 Å². The van der Waals surface area contributed by atoms with Gasteiger partial charge in [0.2, 0.25) is 11.8 Å². The Morgan fingerprint density at radius 1 is 1.19 bits per heavy atom. The van der Waals surface area contributed by atoms with E-state index < -0.39 is 11.5 Å². The normalized spacial score (nSPS) is 21.5. The number of hydrogen-bond acceptors (Lipinski definition) is 3. The molecule has 2 atom stereocenters. The van der Waals surface area contributed by atoms with E-state index in [0.29, 0.717) is 5.92 Å². The predicted molar refractivity (Wildman–Crippen MR) is 84.9 cm³/mol. The summed E-state index contributed by atoms with van der Waals surface area (Å²) >= 11 is 0. The third-order valence-corrected chi connectivity index (χ3v) is 4.14. The molecule has 122 valence electrons. The molecule has 2 amide bonds. The molecule has 0 aliphatic carbocycles. The number of amides is 2. The van der Waals surface area contributed by atoms with Crippen molar-refractivity contribution in [3.8, 4) is 0 Å². The number of carbonyl (C=O) groups excluding carboxylic acids is 2. The van der Waals surface area contributed by atoms with Crippen LogP contribution in [0.1, 0.15) is 54.4 Å². The summed E-state index contributed by atoms with van der Waals surface area (Å²) in [5.41, 5.74) is -0.761. The molecule has 0 aromatic rings. The van der Waals surface area contributed by atoms with E-state index in [-0.39, 0.29) is 17.4 Å². The lowest BCUT2D eigenvalue weighted by molar-refractivity contribution is -0.136. The largest absolute Gasteiger partial charge is 0.350 e. The standard InChI is InChI=1S/C16H31N3O2/c1-11(13(20)19-15(2,3)4)18-14(21)16(5,6)12-8-7-9-17-10-12/h11-12,17H,7-10H2,1-6H3,(H,18,21)(H,19,20). The second-order valence-corrected chi connectivity index (χ2v) is 7.70. The Morgan fingerprint density at radius 3 is 2.29 bits per heavy atom. The minimum atomic E-state index is -0.521. The van der Waals surface area contributed by atoms with E-state index in [1.165, 1.54) is 0 Å². The maximum atomic E-state index is 12.5. The molecule has 2 unspecified atom stereocenters. The second kappa shape index (κ2) is 6.77. The molecule has 0 bridgehead atoms. The van der Waals surface area contributed by atoms with Gasteiger partial charge in [-0.15, -0.1) is 0 Å². The van der Waals surface area contributed by atoms with Crippen LogP contribution in [0.5, 0.6) is 0 Å². The molecule has 0 aromatic heterocycles. The van der Waals surface area contributed by atoms with E-state index in [4.69, 9.17) is 0 Å². The molecule has 1 aliphatic heterocycles. The zero-order valence-electron chi connectivity index (χ0n) is 14.3. The Balaban J connectivity index is 2.60. The first kappa shape index (κ1) is 18.0. The molecular formula is C16H31N3O2. The van der Waals surface area contributed by atoms with Crippen LogP contribution in [0.15, 0.2) is 0 Å². The van der Waals surface area contributed by atoms with Gasteiger partial charge < -0.3 is 16.0 Å². The topological polar surface area (TPSA) is 70.2 Å². The average Bonchev–Trinajstić information content (AvgIpc) is 2.37. The second-order valence-electron chi connectivity index (χ2n) is 7.70. The van der Waals surface area contributed by atoms with Gasteiger partial charge in [0.15, 0.2) is 0 Å². The van der Waals surface area contributed by atoms with Crippen molar-refractivity contribution >= 4 is 11.8 Å². The highest BCUT2D eigenvalue weighted by Crippen LogP contribution is 2.32. The quantitative estimate of drug-likeness (QED) is 0.735. The molecule has 5 heteroatoms. The summed E-state index contributed by atoms with van der Waals surface area (Å²) in [5, 5.41) is 9.09. The Bertz CT molecular complexity index is 379. The lowest BCUT2D eigenvalue weighted by Crippen LogP contribution is -2.55. The van der Waals surface area contributed by atoms with Crippen LogP contribution < -0.4 is 16.0 Å². The van der Waals surface area contributed by atoms with Gasteiger partial charge in [0.1, 0.15) is 6.04 Å². The van der Waals surface area contributed by atoms with Gasteiger partial charge in [-0.2, -0.15) is 0 Å². The molecule has 1 fully saturated rings. The SMILES string of the molecule is CC(NC(=O)C(C)(C)C1CCCNC1)C(=O)NC(C)(C)C. The molecule has 1 rings (SSSR count). The van der Waals surface area contributed by atoms with E-state index in [1.54, 1.807) is 6.92 Å². The van der Waals surface area contributed by atoms with Crippen molar-refractivity contribution in [1.29, 1.82) is 0 Å². The number of piperidine rings is 1. The van der Waals surface area contributed by atoms with Crippen molar-refractivity contribution in [2.45, 2.75) is 66.0 Å². The fraction of sp³-hybridized carbons (Fsp3) is 0.875. The van der Waals surface area contributed by atoms with Gasteiger partial charge in [-0.25, -0.2) is 0 Å². The molecule has 0 radical (unpaired) electrons. The minimum absolute atomic E-state index is 0.0484. The number of nitrogens with one attached hydrogen (secondary N) is 3. The Labute approximate surface area is 128 Å². The van der Waals surface area contributed by atoms with E-state index in [2.05, 4.69) is 16.0 Å². The van der Waals surface area contributed by atoms with Crippen molar-refractivity contribution in [2.75, 3.05) is 13.1 Å². The van der Waals surface area contributed by atoms with Gasteiger partial charge in [0.05, 0.1) is 0 Å². The summed E-state index contributed by atoms with van der Waals surface area (Å²) in [6, 6.07) is -0.521. The molecular weight excluding hydrogens is 266 g/mol. The lowest BCUT2D eigenvalue weighted by atomic mass is 9.74. The first-order valence-corrected chi connectivity index (χ1v) is 7.88. The van der Waals surface area contributed by atoms with Crippen LogP contribution >= 0.6 is 0 Å². The number of rotatable bonds is 4. The summed E-state index contributed by atoms with van der Waals surface area (Å²) in [7, 11) is 0. The average molecular weight is 297 g/mol. The lowest BCUT2D eigenvalue weighted by Gasteiger charge is -2.36. The third-order valence-electron chi connectivity index (χ3n) is 4.14.